The van der Waals surface area contributed by atoms with Crippen molar-refractivity contribution in [3.05, 3.63) is 35.1 Å². The molecule has 0 spiro atoms. The van der Waals surface area contributed by atoms with Crippen molar-refractivity contribution in [2.24, 2.45) is 0 Å². The lowest BCUT2D eigenvalue weighted by Gasteiger charge is -2.27. The molecular formula is C15H20FNO3. The van der Waals surface area contributed by atoms with Crippen LogP contribution >= 0.6 is 0 Å². The zero-order valence-corrected chi connectivity index (χ0v) is 12.2. The Morgan fingerprint density at radius 1 is 1.40 bits per heavy atom. The van der Waals surface area contributed by atoms with Gasteiger partial charge in [-0.25, -0.2) is 9.18 Å². The highest BCUT2D eigenvalue weighted by atomic mass is 19.1. The number of nitrogens with one attached hydrogen (secondary N) is 1. The first-order valence-electron chi connectivity index (χ1n) is 6.51. The molecule has 20 heavy (non-hydrogen) atoms. The van der Waals surface area contributed by atoms with Crippen molar-refractivity contribution < 1.29 is 18.7 Å². The molecule has 4 nitrogen and oxygen atoms in total. The Morgan fingerprint density at radius 3 is 2.55 bits per heavy atom. The standard InChI is InChI=1S/C15H20FNO3/c1-5-8-15(3,14(19)20-4)17-13(18)11-7-6-10(2)9-12(11)16/h6-7,9H,5,8H2,1-4H3,(H,17,18). The number of esters is 1. The molecule has 0 aliphatic rings. The summed E-state index contributed by atoms with van der Waals surface area (Å²) in [5.41, 5.74) is -0.511. The molecule has 5 heteroatoms. The van der Waals surface area contributed by atoms with Crippen LogP contribution in [0.15, 0.2) is 18.2 Å². The van der Waals surface area contributed by atoms with Gasteiger partial charge in [0.2, 0.25) is 0 Å². The lowest BCUT2D eigenvalue weighted by molar-refractivity contribution is -0.147. The first kappa shape index (κ1) is 16.1. The lowest BCUT2D eigenvalue weighted by Crippen LogP contribution is -2.52. The van der Waals surface area contributed by atoms with Crippen molar-refractivity contribution in [3.63, 3.8) is 0 Å². The van der Waals surface area contributed by atoms with E-state index in [-0.39, 0.29) is 5.56 Å². The Bertz CT molecular complexity index is 516. The monoisotopic (exact) mass is 281 g/mol. The van der Waals surface area contributed by atoms with E-state index in [9.17, 15) is 14.0 Å². The predicted molar refractivity (Wildman–Crippen MR) is 73.9 cm³/mol. The number of methoxy groups -OCH3 is 1. The van der Waals surface area contributed by atoms with Crippen LogP contribution in [-0.2, 0) is 9.53 Å². The Hall–Kier alpha value is -1.91. The Kier molecular flexibility index (Phi) is 5.25. The van der Waals surface area contributed by atoms with Crippen LogP contribution in [0.25, 0.3) is 0 Å². The van der Waals surface area contributed by atoms with Gasteiger partial charge in [-0.1, -0.05) is 19.4 Å². The van der Waals surface area contributed by atoms with Crippen LogP contribution in [0.1, 0.15) is 42.6 Å². The molecule has 1 amide bonds. The summed E-state index contributed by atoms with van der Waals surface area (Å²) in [4.78, 5) is 23.9. The number of halogens is 1. The maximum absolute atomic E-state index is 13.8. The maximum Gasteiger partial charge on any atom is 0.331 e. The van der Waals surface area contributed by atoms with Gasteiger partial charge in [0.1, 0.15) is 11.4 Å². The van der Waals surface area contributed by atoms with E-state index in [0.717, 1.165) is 5.56 Å². The van der Waals surface area contributed by atoms with Crippen LogP contribution in [0, 0.1) is 12.7 Å². The van der Waals surface area contributed by atoms with E-state index in [1.54, 1.807) is 19.9 Å². The van der Waals surface area contributed by atoms with E-state index in [1.165, 1.54) is 19.2 Å². The number of ether oxygens (including phenoxy) is 1. The molecule has 0 aliphatic carbocycles. The molecule has 0 aromatic heterocycles. The molecule has 0 fully saturated rings. The number of hydrogen-bond donors (Lipinski definition) is 1. The van der Waals surface area contributed by atoms with Crippen LogP contribution in [0.5, 0.6) is 0 Å². The fourth-order valence-electron chi connectivity index (χ4n) is 2.06. The Morgan fingerprint density at radius 2 is 2.05 bits per heavy atom. The normalized spacial score (nSPS) is 13.4. The van der Waals surface area contributed by atoms with Crippen LogP contribution in [0.4, 0.5) is 4.39 Å². The molecule has 1 N–H and O–H groups in total. The number of amides is 1. The second-order valence-electron chi connectivity index (χ2n) is 5.01. The van der Waals surface area contributed by atoms with Gasteiger partial charge in [0.25, 0.3) is 5.91 Å². The van der Waals surface area contributed by atoms with Crippen LogP contribution in [-0.4, -0.2) is 24.5 Å². The molecule has 0 saturated heterocycles. The van der Waals surface area contributed by atoms with E-state index < -0.39 is 23.2 Å². The number of benzene rings is 1. The van der Waals surface area contributed by atoms with Gasteiger partial charge in [0, 0.05) is 0 Å². The molecule has 1 atom stereocenters. The SMILES string of the molecule is CCCC(C)(NC(=O)c1ccc(C)cc1F)C(=O)OC. The van der Waals surface area contributed by atoms with Crippen molar-refractivity contribution >= 4 is 11.9 Å². The second-order valence-corrected chi connectivity index (χ2v) is 5.01. The molecule has 0 radical (unpaired) electrons. The summed E-state index contributed by atoms with van der Waals surface area (Å²) in [6.45, 7) is 5.20. The van der Waals surface area contributed by atoms with Crippen molar-refractivity contribution in [1.29, 1.82) is 0 Å². The van der Waals surface area contributed by atoms with Gasteiger partial charge in [-0.05, 0) is 38.0 Å². The molecule has 110 valence electrons. The van der Waals surface area contributed by atoms with E-state index in [2.05, 4.69) is 5.32 Å². The van der Waals surface area contributed by atoms with Crippen LogP contribution in [0.2, 0.25) is 0 Å². The Balaban J connectivity index is 2.99. The number of aryl methyl sites for hydroxylation is 1. The summed E-state index contributed by atoms with van der Waals surface area (Å²) >= 11 is 0. The van der Waals surface area contributed by atoms with Crippen LogP contribution in [0.3, 0.4) is 0 Å². The second kappa shape index (κ2) is 6.50. The van der Waals surface area contributed by atoms with Gasteiger partial charge in [0.05, 0.1) is 12.7 Å². The third kappa shape index (κ3) is 3.56. The summed E-state index contributed by atoms with van der Waals surface area (Å²) in [5.74, 6) is -1.77. The molecule has 0 saturated carbocycles. The number of hydrogen-bond acceptors (Lipinski definition) is 3. The van der Waals surface area contributed by atoms with E-state index in [0.29, 0.717) is 12.8 Å². The molecule has 0 aliphatic heterocycles. The minimum absolute atomic E-state index is 0.0816. The third-order valence-electron chi connectivity index (χ3n) is 3.14. The molecule has 1 aromatic carbocycles. The maximum atomic E-state index is 13.8. The minimum Gasteiger partial charge on any atom is -0.467 e. The van der Waals surface area contributed by atoms with Gasteiger partial charge >= 0.3 is 5.97 Å². The topological polar surface area (TPSA) is 55.4 Å². The highest BCUT2D eigenvalue weighted by Gasteiger charge is 2.35. The number of carbonyl (C=O) groups excluding carboxylic acids is 2. The van der Waals surface area contributed by atoms with Gasteiger partial charge in [-0.15, -0.1) is 0 Å². The number of carbonyl (C=O) groups is 2. The summed E-state index contributed by atoms with van der Waals surface area (Å²) in [6.07, 6.45) is 1.10. The fourth-order valence-corrected chi connectivity index (χ4v) is 2.06. The molecule has 1 rings (SSSR count). The summed E-state index contributed by atoms with van der Waals surface area (Å²) < 4.78 is 18.5. The average Bonchev–Trinajstić information content (AvgIpc) is 2.37. The summed E-state index contributed by atoms with van der Waals surface area (Å²) in [6, 6.07) is 4.33. The summed E-state index contributed by atoms with van der Waals surface area (Å²) in [7, 11) is 1.26. The largest absolute Gasteiger partial charge is 0.467 e. The van der Waals surface area contributed by atoms with Crippen molar-refractivity contribution in [3.8, 4) is 0 Å². The first-order chi connectivity index (χ1) is 9.34. The predicted octanol–water partition coefficient (Wildman–Crippen LogP) is 2.60. The molecular weight excluding hydrogens is 261 g/mol. The quantitative estimate of drug-likeness (QED) is 0.844. The van der Waals surface area contributed by atoms with Gasteiger partial charge < -0.3 is 10.1 Å². The Labute approximate surface area is 118 Å². The van der Waals surface area contributed by atoms with Crippen molar-refractivity contribution in [2.45, 2.75) is 39.2 Å². The van der Waals surface area contributed by atoms with Crippen molar-refractivity contribution in [1.82, 2.24) is 5.32 Å². The molecule has 0 bridgehead atoms. The highest BCUT2D eigenvalue weighted by molar-refractivity contribution is 5.98. The number of rotatable bonds is 5. The van der Waals surface area contributed by atoms with E-state index in [1.807, 2.05) is 6.92 Å². The fraction of sp³-hybridized carbons (Fsp3) is 0.467. The van der Waals surface area contributed by atoms with Gasteiger partial charge in [-0.2, -0.15) is 0 Å². The summed E-state index contributed by atoms with van der Waals surface area (Å²) in [5, 5.41) is 2.57. The lowest BCUT2D eigenvalue weighted by atomic mass is 9.95. The smallest absolute Gasteiger partial charge is 0.331 e. The van der Waals surface area contributed by atoms with E-state index >= 15 is 0 Å². The van der Waals surface area contributed by atoms with Crippen LogP contribution < -0.4 is 5.32 Å². The van der Waals surface area contributed by atoms with Gasteiger partial charge in [0.15, 0.2) is 0 Å². The van der Waals surface area contributed by atoms with Crippen molar-refractivity contribution in [2.75, 3.05) is 7.11 Å². The molecule has 1 unspecified atom stereocenters. The minimum atomic E-state index is -1.15. The average molecular weight is 281 g/mol. The zero-order chi connectivity index (χ0) is 15.3. The highest BCUT2D eigenvalue weighted by Crippen LogP contribution is 2.17. The van der Waals surface area contributed by atoms with Gasteiger partial charge in [-0.3, -0.25) is 4.79 Å². The molecule has 0 heterocycles. The molecule has 1 aromatic rings. The third-order valence-corrected chi connectivity index (χ3v) is 3.14. The zero-order valence-electron chi connectivity index (χ0n) is 12.2. The first-order valence-corrected chi connectivity index (χ1v) is 6.51. The van der Waals surface area contributed by atoms with E-state index in [4.69, 9.17) is 4.74 Å².